The molecule has 0 unspecified atom stereocenters. The number of aromatic nitrogens is 1. The van der Waals surface area contributed by atoms with Crippen LogP contribution in [-0.2, 0) is 4.79 Å². The van der Waals surface area contributed by atoms with Gasteiger partial charge >= 0.3 is 0 Å². The zero-order valence-corrected chi connectivity index (χ0v) is 13.5. The fourth-order valence-electron chi connectivity index (χ4n) is 2.58. The van der Waals surface area contributed by atoms with E-state index in [9.17, 15) is 4.79 Å². The largest absolute Gasteiger partial charge is 0.353 e. The van der Waals surface area contributed by atoms with Gasteiger partial charge in [0, 0.05) is 48.6 Å². The second kappa shape index (κ2) is 9.27. The van der Waals surface area contributed by atoms with E-state index in [1.54, 1.807) is 11.3 Å². The van der Waals surface area contributed by atoms with Gasteiger partial charge in [0.2, 0.25) is 5.91 Å². The Morgan fingerprint density at radius 2 is 2.27 bits per heavy atom. The lowest BCUT2D eigenvalue weighted by atomic mass is 10.0. The number of nitrogens with zero attached hydrogens (tertiary/aromatic N) is 5. The first-order valence-electron chi connectivity index (χ1n) is 7.74. The van der Waals surface area contributed by atoms with E-state index < -0.39 is 0 Å². The summed E-state index contributed by atoms with van der Waals surface area (Å²) in [6.45, 7) is 2.42. The zero-order chi connectivity index (χ0) is 15.6. The van der Waals surface area contributed by atoms with E-state index in [1.165, 1.54) is 0 Å². The van der Waals surface area contributed by atoms with Crippen LogP contribution in [0.3, 0.4) is 0 Å². The molecule has 2 heterocycles. The first kappa shape index (κ1) is 16.6. The molecule has 1 aliphatic heterocycles. The van der Waals surface area contributed by atoms with Crippen LogP contribution in [0.2, 0.25) is 0 Å². The average molecular weight is 322 g/mol. The normalized spacial score (nSPS) is 15.4. The Hall–Kier alpha value is -1.79. The molecule has 1 aromatic rings. The lowest BCUT2D eigenvalue weighted by Gasteiger charge is -2.32. The summed E-state index contributed by atoms with van der Waals surface area (Å²) in [6.07, 6.45) is 6.96. The van der Waals surface area contributed by atoms with Crippen molar-refractivity contribution in [3.63, 3.8) is 0 Å². The van der Waals surface area contributed by atoms with Crippen molar-refractivity contribution in [1.29, 1.82) is 0 Å². The molecule has 0 atom stereocenters. The summed E-state index contributed by atoms with van der Waals surface area (Å²) in [6, 6.07) is 0.284. The number of thiazole rings is 1. The topological polar surface area (TPSA) is 94.0 Å². The number of anilines is 1. The molecule has 1 amide bonds. The lowest BCUT2D eigenvalue weighted by Crippen LogP contribution is -2.44. The summed E-state index contributed by atoms with van der Waals surface area (Å²) >= 11 is 1.66. The van der Waals surface area contributed by atoms with Crippen molar-refractivity contribution in [1.82, 2.24) is 10.3 Å². The number of hydrogen-bond donors (Lipinski definition) is 1. The fourth-order valence-corrected chi connectivity index (χ4v) is 3.27. The highest BCUT2D eigenvalue weighted by Gasteiger charge is 2.21. The Morgan fingerprint density at radius 3 is 2.95 bits per heavy atom. The molecular formula is C14H22N6OS. The molecule has 2 rings (SSSR count). The van der Waals surface area contributed by atoms with Crippen LogP contribution in [0, 0.1) is 0 Å². The minimum absolute atomic E-state index is 0.136. The van der Waals surface area contributed by atoms with Gasteiger partial charge in [-0.05, 0) is 31.2 Å². The molecule has 1 N–H and O–H groups in total. The summed E-state index contributed by atoms with van der Waals surface area (Å²) in [7, 11) is 0. The van der Waals surface area contributed by atoms with Crippen molar-refractivity contribution in [3.8, 4) is 0 Å². The SMILES string of the molecule is [N-]=[N+]=NCCCCCC(=O)NC1CCN(c2nccs2)CC1. The van der Waals surface area contributed by atoms with Crippen LogP contribution < -0.4 is 10.2 Å². The maximum atomic E-state index is 11.9. The van der Waals surface area contributed by atoms with E-state index in [-0.39, 0.29) is 11.9 Å². The summed E-state index contributed by atoms with van der Waals surface area (Å²) < 4.78 is 0. The third-order valence-electron chi connectivity index (χ3n) is 3.78. The molecule has 1 aliphatic rings. The Balaban J connectivity index is 1.57. The highest BCUT2D eigenvalue weighted by atomic mass is 32.1. The van der Waals surface area contributed by atoms with Crippen molar-refractivity contribution >= 4 is 22.4 Å². The summed E-state index contributed by atoms with van der Waals surface area (Å²) in [5, 5.41) is 9.67. The standard InChI is InChI=1S/C14H22N6OS/c15-19-17-7-3-1-2-4-13(21)18-12-5-9-20(10-6-12)14-16-8-11-22-14/h8,11-12H,1-7,9-10H2,(H,18,21). The second-order valence-electron chi connectivity index (χ2n) is 5.41. The Kier molecular flexibility index (Phi) is 6.99. The van der Waals surface area contributed by atoms with E-state index in [1.807, 2.05) is 11.6 Å². The molecule has 0 saturated carbocycles. The van der Waals surface area contributed by atoms with Gasteiger partial charge in [-0.25, -0.2) is 4.98 Å². The Bertz CT molecular complexity index is 491. The summed E-state index contributed by atoms with van der Waals surface area (Å²) in [5.74, 6) is 0.136. The number of amides is 1. The van der Waals surface area contributed by atoms with E-state index in [4.69, 9.17) is 5.53 Å². The Labute approximate surface area is 134 Å². The lowest BCUT2D eigenvalue weighted by molar-refractivity contribution is -0.122. The molecule has 1 saturated heterocycles. The van der Waals surface area contributed by atoms with Gasteiger partial charge in [0.15, 0.2) is 5.13 Å². The molecule has 7 nitrogen and oxygen atoms in total. The number of nitrogens with one attached hydrogen (secondary N) is 1. The minimum Gasteiger partial charge on any atom is -0.353 e. The molecule has 1 fully saturated rings. The van der Waals surface area contributed by atoms with Gasteiger partial charge < -0.3 is 10.2 Å². The van der Waals surface area contributed by atoms with E-state index >= 15 is 0 Å². The quantitative estimate of drug-likeness (QED) is 0.345. The van der Waals surface area contributed by atoms with Crippen molar-refractivity contribution in [2.24, 2.45) is 5.11 Å². The average Bonchev–Trinajstić information content (AvgIpc) is 3.06. The predicted molar refractivity (Wildman–Crippen MR) is 88.0 cm³/mol. The van der Waals surface area contributed by atoms with Gasteiger partial charge in [-0.1, -0.05) is 11.5 Å². The van der Waals surface area contributed by atoms with Crippen LogP contribution in [0.25, 0.3) is 10.4 Å². The molecule has 0 spiro atoms. The maximum absolute atomic E-state index is 11.9. The highest BCUT2D eigenvalue weighted by Crippen LogP contribution is 2.21. The molecule has 8 heteroatoms. The van der Waals surface area contributed by atoms with Crippen LogP contribution in [0.4, 0.5) is 5.13 Å². The van der Waals surface area contributed by atoms with E-state index in [2.05, 4.69) is 25.2 Å². The zero-order valence-electron chi connectivity index (χ0n) is 12.6. The monoisotopic (exact) mass is 322 g/mol. The fraction of sp³-hybridized carbons (Fsp3) is 0.714. The van der Waals surface area contributed by atoms with Gasteiger partial charge in [0.1, 0.15) is 0 Å². The van der Waals surface area contributed by atoms with Crippen LogP contribution in [0.15, 0.2) is 16.7 Å². The molecule has 0 bridgehead atoms. The van der Waals surface area contributed by atoms with Crippen LogP contribution in [-0.4, -0.2) is 36.6 Å². The smallest absolute Gasteiger partial charge is 0.220 e. The molecule has 0 radical (unpaired) electrons. The van der Waals surface area contributed by atoms with Gasteiger partial charge in [-0.3, -0.25) is 4.79 Å². The highest BCUT2D eigenvalue weighted by molar-refractivity contribution is 7.13. The number of rotatable bonds is 8. The minimum atomic E-state index is 0.136. The molecule has 120 valence electrons. The second-order valence-corrected chi connectivity index (χ2v) is 6.28. The number of hydrogen-bond acceptors (Lipinski definition) is 5. The third kappa shape index (κ3) is 5.54. The number of unbranched alkanes of at least 4 members (excludes halogenated alkanes) is 2. The van der Waals surface area contributed by atoms with Crippen LogP contribution >= 0.6 is 11.3 Å². The number of piperidine rings is 1. The predicted octanol–water partition coefficient (Wildman–Crippen LogP) is 3.10. The van der Waals surface area contributed by atoms with Gasteiger partial charge in [-0.15, -0.1) is 11.3 Å². The van der Waals surface area contributed by atoms with Crippen LogP contribution in [0.1, 0.15) is 38.5 Å². The number of carbonyl (C=O) groups is 1. The third-order valence-corrected chi connectivity index (χ3v) is 4.61. The van der Waals surface area contributed by atoms with Crippen molar-refractivity contribution in [2.45, 2.75) is 44.6 Å². The number of azide groups is 1. The molecule has 0 aliphatic carbocycles. The van der Waals surface area contributed by atoms with Gasteiger partial charge in [0.25, 0.3) is 0 Å². The summed E-state index contributed by atoms with van der Waals surface area (Å²) in [5.41, 5.74) is 8.16. The van der Waals surface area contributed by atoms with Crippen LogP contribution in [0.5, 0.6) is 0 Å². The molecule has 0 aromatic carbocycles. The van der Waals surface area contributed by atoms with Gasteiger partial charge in [0.05, 0.1) is 0 Å². The van der Waals surface area contributed by atoms with E-state index in [0.29, 0.717) is 13.0 Å². The van der Waals surface area contributed by atoms with Crippen molar-refractivity contribution in [3.05, 3.63) is 22.0 Å². The maximum Gasteiger partial charge on any atom is 0.220 e. The van der Waals surface area contributed by atoms with Gasteiger partial charge in [-0.2, -0.15) is 0 Å². The molecule has 1 aromatic heterocycles. The van der Waals surface area contributed by atoms with Crippen molar-refractivity contribution < 1.29 is 4.79 Å². The van der Waals surface area contributed by atoms with Crippen molar-refractivity contribution in [2.75, 3.05) is 24.5 Å². The molecular weight excluding hydrogens is 300 g/mol. The first-order chi connectivity index (χ1) is 10.8. The number of carbonyl (C=O) groups excluding carboxylic acids is 1. The Morgan fingerprint density at radius 1 is 1.45 bits per heavy atom. The first-order valence-corrected chi connectivity index (χ1v) is 8.62. The molecule has 22 heavy (non-hydrogen) atoms. The van der Waals surface area contributed by atoms with E-state index in [0.717, 1.165) is 50.3 Å². The summed E-state index contributed by atoms with van der Waals surface area (Å²) in [4.78, 5) is 21.2.